The highest BCUT2D eigenvalue weighted by Gasteiger charge is 2.23. The molecule has 1 aromatic rings. The van der Waals surface area contributed by atoms with Gasteiger partial charge in [-0.1, -0.05) is 26.0 Å². The van der Waals surface area contributed by atoms with Crippen LogP contribution in [0.1, 0.15) is 39.2 Å². The van der Waals surface area contributed by atoms with Crippen molar-refractivity contribution < 1.29 is 9.50 Å². The lowest BCUT2D eigenvalue weighted by Crippen LogP contribution is -2.21. The number of hydrogen-bond donors (Lipinski definition) is 1. The van der Waals surface area contributed by atoms with Crippen LogP contribution in [0, 0.1) is 11.7 Å². The Morgan fingerprint density at radius 2 is 2.07 bits per heavy atom. The van der Waals surface area contributed by atoms with Gasteiger partial charge >= 0.3 is 0 Å². The maximum absolute atomic E-state index is 13.0. The quantitative estimate of drug-likeness (QED) is 0.806. The van der Waals surface area contributed by atoms with Gasteiger partial charge in [-0.3, -0.25) is 0 Å². The first-order valence-corrected chi connectivity index (χ1v) is 5.40. The van der Waals surface area contributed by atoms with Gasteiger partial charge in [-0.2, -0.15) is 0 Å². The molecule has 0 saturated heterocycles. The monoisotopic (exact) mass is 210 g/mol. The van der Waals surface area contributed by atoms with E-state index >= 15 is 0 Å². The van der Waals surface area contributed by atoms with Gasteiger partial charge in [0.15, 0.2) is 0 Å². The van der Waals surface area contributed by atoms with E-state index < -0.39 is 5.60 Å². The third kappa shape index (κ3) is 3.63. The highest BCUT2D eigenvalue weighted by molar-refractivity contribution is 5.22. The molecule has 0 radical (unpaired) electrons. The molecule has 0 aromatic heterocycles. The summed E-state index contributed by atoms with van der Waals surface area (Å²) in [6.07, 6.45) is 1.59. The molecule has 0 heterocycles. The van der Waals surface area contributed by atoms with Gasteiger partial charge in [-0.25, -0.2) is 4.39 Å². The molecule has 15 heavy (non-hydrogen) atoms. The fourth-order valence-corrected chi connectivity index (χ4v) is 1.54. The van der Waals surface area contributed by atoms with Crippen LogP contribution in [0.3, 0.4) is 0 Å². The zero-order chi connectivity index (χ0) is 11.5. The van der Waals surface area contributed by atoms with Crippen LogP contribution in [-0.4, -0.2) is 5.11 Å². The predicted molar refractivity (Wildman–Crippen MR) is 60.0 cm³/mol. The lowest BCUT2D eigenvalue weighted by atomic mass is 9.88. The summed E-state index contributed by atoms with van der Waals surface area (Å²) in [7, 11) is 0. The van der Waals surface area contributed by atoms with Crippen LogP contribution in [0.5, 0.6) is 0 Å². The molecule has 1 N–H and O–H groups in total. The minimum absolute atomic E-state index is 0.294. The van der Waals surface area contributed by atoms with E-state index in [1.54, 1.807) is 19.1 Å². The third-order valence-corrected chi connectivity index (χ3v) is 2.66. The van der Waals surface area contributed by atoms with E-state index in [0.29, 0.717) is 17.9 Å². The Labute approximate surface area is 90.9 Å². The molecule has 0 amide bonds. The van der Waals surface area contributed by atoms with Crippen molar-refractivity contribution in [1.82, 2.24) is 0 Å². The number of halogens is 1. The summed E-state index contributed by atoms with van der Waals surface area (Å²) in [5.41, 5.74) is -0.269. The molecular formula is C13H19FO. The first kappa shape index (κ1) is 12.2. The van der Waals surface area contributed by atoms with Crippen molar-refractivity contribution in [2.75, 3.05) is 0 Å². The van der Waals surface area contributed by atoms with Crippen LogP contribution in [0.2, 0.25) is 0 Å². The Morgan fingerprint density at radius 3 is 2.60 bits per heavy atom. The van der Waals surface area contributed by atoms with Gasteiger partial charge in [0.05, 0.1) is 5.60 Å². The topological polar surface area (TPSA) is 20.2 Å². The van der Waals surface area contributed by atoms with Gasteiger partial charge in [-0.15, -0.1) is 0 Å². The molecule has 0 aliphatic rings. The summed E-state index contributed by atoms with van der Waals surface area (Å²) in [5, 5.41) is 10.2. The minimum Gasteiger partial charge on any atom is -0.385 e. The van der Waals surface area contributed by atoms with E-state index in [-0.39, 0.29) is 5.82 Å². The summed E-state index contributed by atoms with van der Waals surface area (Å²) < 4.78 is 13.0. The van der Waals surface area contributed by atoms with Gasteiger partial charge in [-0.05, 0) is 43.4 Å². The van der Waals surface area contributed by atoms with Crippen LogP contribution >= 0.6 is 0 Å². The SMILES string of the molecule is CC(C)CCC(C)(O)c1cccc(F)c1. The first-order chi connectivity index (χ1) is 6.92. The number of aliphatic hydroxyl groups is 1. The van der Waals surface area contributed by atoms with Crippen molar-refractivity contribution in [3.8, 4) is 0 Å². The van der Waals surface area contributed by atoms with E-state index in [1.807, 2.05) is 0 Å². The zero-order valence-corrected chi connectivity index (χ0v) is 9.63. The summed E-state index contributed by atoms with van der Waals surface area (Å²) in [4.78, 5) is 0. The zero-order valence-electron chi connectivity index (χ0n) is 9.63. The largest absolute Gasteiger partial charge is 0.385 e. The van der Waals surface area contributed by atoms with E-state index in [2.05, 4.69) is 13.8 Å². The Kier molecular flexibility index (Phi) is 3.86. The number of hydrogen-bond acceptors (Lipinski definition) is 1. The molecule has 84 valence electrons. The van der Waals surface area contributed by atoms with Crippen molar-refractivity contribution in [2.24, 2.45) is 5.92 Å². The average molecular weight is 210 g/mol. The van der Waals surface area contributed by atoms with Crippen LogP contribution in [0.15, 0.2) is 24.3 Å². The molecule has 1 unspecified atom stereocenters. The van der Waals surface area contributed by atoms with Gasteiger partial charge in [0.1, 0.15) is 5.82 Å². The van der Waals surface area contributed by atoms with Gasteiger partial charge in [0.2, 0.25) is 0 Å². The molecule has 1 aromatic carbocycles. The Bertz CT molecular complexity index is 318. The second-order valence-electron chi connectivity index (χ2n) is 4.72. The van der Waals surface area contributed by atoms with Crippen LogP contribution in [0.4, 0.5) is 4.39 Å². The molecule has 1 rings (SSSR count). The van der Waals surface area contributed by atoms with Crippen molar-refractivity contribution >= 4 is 0 Å². The van der Waals surface area contributed by atoms with E-state index in [9.17, 15) is 9.50 Å². The van der Waals surface area contributed by atoms with Gasteiger partial charge < -0.3 is 5.11 Å². The van der Waals surface area contributed by atoms with Gasteiger partial charge in [0.25, 0.3) is 0 Å². The summed E-state index contributed by atoms with van der Waals surface area (Å²) >= 11 is 0. The maximum Gasteiger partial charge on any atom is 0.123 e. The lowest BCUT2D eigenvalue weighted by Gasteiger charge is -2.24. The van der Waals surface area contributed by atoms with E-state index in [4.69, 9.17) is 0 Å². The molecule has 0 aliphatic heterocycles. The first-order valence-electron chi connectivity index (χ1n) is 5.40. The van der Waals surface area contributed by atoms with Crippen LogP contribution < -0.4 is 0 Å². The van der Waals surface area contributed by atoms with E-state index in [0.717, 1.165) is 6.42 Å². The van der Waals surface area contributed by atoms with Crippen molar-refractivity contribution in [2.45, 2.75) is 39.2 Å². The standard InChI is InChI=1S/C13H19FO/c1-10(2)7-8-13(3,15)11-5-4-6-12(14)9-11/h4-6,9-10,15H,7-8H2,1-3H3. The molecule has 2 heteroatoms. The second-order valence-corrected chi connectivity index (χ2v) is 4.72. The fourth-order valence-electron chi connectivity index (χ4n) is 1.54. The van der Waals surface area contributed by atoms with Crippen LogP contribution in [-0.2, 0) is 5.60 Å². The van der Waals surface area contributed by atoms with Crippen molar-refractivity contribution in [3.63, 3.8) is 0 Å². The van der Waals surface area contributed by atoms with Crippen molar-refractivity contribution in [1.29, 1.82) is 0 Å². The van der Waals surface area contributed by atoms with Gasteiger partial charge in [0, 0.05) is 0 Å². The Balaban J connectivity index is 2.76. The summed E-state index contributed by atoms with van der Waals surface area (Å²) in [6.45, 7) is 5.97. The normalized spacial score (nSPS) is 15.3. The Hall–Kier alpha value is -0.890. The maximum atomic E-state index is 13.0. The van der Waals surface area contributed by atoms with Crippen molar-refractivity contribution in [3.05, 3.63) is 35.6 Å². The molecule has 1 atom stereocenters. The Morgan fingerprint density at radius 1 is 1.40 bits per heavy atom. The van der Waals surface area contributed by atoms with Crippen LogP contribution in [0.25, 0.3) is 0 Å². The highest BCUT2D eigenvalue weighted by atomic mass is 19.1. The predicted octanol–water partition coefficient (Wildman–Crippen LogP) is 3.47. The smallest absolute Gasteiger partial charge is 0.123 e. The van der Waals surface area contributed by atoms with E-state index in [1.165, 1.54) is 12.1 Å². The molecule has 1 nitrogen and oxygen atoms in total. The lowest BCUT2D eigenvalue weighted by molar-refractivity contribution is 0.0417. The second kappa shape index (κ2) is 4.75. The number of rotatable bonds is 4. The molecule has 0 aliphatic carbocycles. The molecule has 0 fully saturated rings. The molecule has 0 bridgehead atoms. The third-order valence-electron chi connectivity index (χ3n) is 2.66. The number of benzene rings is 1. The minimum atomic E-state index is -0.924. The summed E-state index contributed by atoms with van der Waals surface area (Å²) in [6, 6.07) is 6.19. The summed E-state index contributed by atoms with van der Waals surface area (Å²) in [5.74, 6) is 0.252. The molecular weight excluding hydrogens is 191 g/mol. The fraction of sp³-hybridized carbons (Fsp3) is 0.538. The molecule has 0 spiro atoms. The highest BCUT2D eigenvalue weighted by Crippen LogP contribution is 2.27. The average Bonchev–Trinajstić information content (AvgIpc) is 2.15. The molecule has 0 saturated carbocycles.